The number of aromatic nitrogens is 2. The average molecular weight is 299 g/mol. The van der Waals surface area contributed by atoms with Crippen molar-refractivity contribution in [1.82, 2.24) is 15.6 Å². The van der Waals surface area contributed by atoms with Crippen molar-refractivity contribution in [1.29, 1.82) is 0 Å². The third kappa shape index (κ3) is 2.93. The van der Waals surface area contributed by atoms with E-state index in [0.717, 1.165) is 10.8 Å². The van der Waals surface area contributed by atoms with Gasteiger partial charge in [0.25, 0.3) is 5.91 Å². The molecule has 2 aromatic carbocycles. The van der Waals surface area contributed by atoms with E-state index in [0.29, 0.717) is 16.4 Å². The van der Waals surface area contributed by atoms with Gasteiger partial charge in [0.05, 0.1) is 6.20 Å². The number of hydrazine groups is 1. The maximum Gasteiger partial charge on any atom is 0.269 e. The number of carbonyl (C=O) groups is 1. The van der Waals surface area contributed by atoms with Gasteiger partial charge in [0.15, 0.2) is 5.82 Å². The SMILES string of the molecule is O=C(NNc1nncc2ccccc12)c1cccc(Cl)c1. The molecule has 6 heteroatoms. The van der Waals surface area contributed by atoms with E-state index < -0.39 is 0 Å². The molecule has 3 aromatic rings. The third-order valence-corrected chi connectivity index (χ3v) is 3.19. The largest absolute Gasteiger partial charge is 0.280 e. The molecule has 0 aliphatic carbocycles. The molecule has 1 aromatic heterocycles. The van der Waals surface area contributed by atoms with E-state index in [1.807, 2.05) is 24.3 Å². The highest BCUT2D eigenvalue weighted by Gasteiger charge is 2.07. The standard InChI is InChI=1S/C15H11ClN4O/c16-12-6-3-5-10(8-12)15(21)20-19-14-13-7-2-1-4-11(13)9-17-18-14/h1-9H,(H,18,19)(H,20,21). The first-order valence-electron chi connectivity index (χ1n) is 6.26. The lowest BCUT2D eigenvalue weighted by Gasteiger charge is -2.09. The molecule has 0 atom stereocenters. The predicted molar refractivity (Wildman–Crippen MR) is 82.1 cm³/mol. The lowest BCUT2D eigenvalue weighted by Crippen LogP contribution is -2.30. The van der Waals surface area contributed by atoms with Gasteiger partial charge in [-0.2, -0.15) is 5.10 Å². The fourth-order valence-corrected chi connectivity index (χ4v) is 2.13. The molecule has 3 rings (SSSR count). The summed E-state index contributed by atoms with van der Waals surface area (Å²) in [4.78, 5) is 12.0. The number of hydrogen-bond acceptors (Lipinski definition) is 4. The van der Waals surface area contributed by atoms with Crippen molar-refractivity contribution in [2.45, 2.75) is 0 Å². The molecule has 0 radical (unpaired) electrons. The van der Waals surface area contributed by atoms with Crippen LogP contribution in [0.1, 0.15) is 10.4 Å². The Morgan fingerprint density at radius 1 is 1.10 bits per heavy atom. The second-order valence-electron chi connectivity index (χ2n) is 4.37. The second-order valence-corrected chi connectivity index (χ2v) is 4.81. The zero-order valence-corrected chi connectivity index (χ0v) is 11.6. The monoisotopic (exact) mass is 298 g/mol. The van der Waals surface area contributed by atoms with E-state index in [4.69, 9.17) is 11.6 Å². The van der Waals surface area contributed by atoms with E-state index in [2.05, 4.69) is 21.0 Å². The molecule has 0 unspecified atom stereocenters. The number of amides is 1. The Morgan fingerprint density at radius 2 is 1.95 bits per heavy atom. The first-order chi connectivity index (χ1) is 10.2. The van der Waals surface area contributed by atoms with Crippen molar-refractivity contribution < 1.29 is 4.79 Å². The number of carbonyl (C=O) groups excluding carboxylic acids is 1. The van der Waals surface area contributed by atoms with Crippen LogP contribution in [0.15, 0.2) is 54.7 Å². The lowest BCUT2D eigenvalue weighted by atomic mass is 10.2. The summed E-state index contributed by atoms with van der Waals surface area (Å²) in [5.74, 6) is 0.190. The number of nitrogens with zero attached hydrogens (tertiary/aromatic N) is 2. The van der Waals surface area contributed by atoms with Crippen molar-refractivity contribution in [3.05, 3.63) is 65.3 Å². The summed E-state index contributed by atoms with van der Waals surface area (Å²) in [6.07, 6.45) is 1.67. The summed E-state index contributed by atoms with van der Waals surface area (Å²) in [6.45, 7) is 0. The van der Waals surface area contributed by atoms with Crippen molar-refractivity contribution in [3.63, 3.8) is 0 Å². The molecule has 104 valence electrons. The number of fused-ring (bicyclic) bond motifs is 1. The molecule has 2 N–H and O–H groups in total. The predicted octanol–water partition coefficient (Wildman–Crippen LogP) is 3.04. The van der Waals surface area contributed by atoms with Crippen molar-refractivity contribution in [2.75, 3.05) is 5.43 Å². The number of hydrogen-bond donors (Lipinski definition) is 2. The fourth-order valence-electron chi connectivity index (χ4n) is 1.94. The van der Waals surface area contributed by atoms with E-state index in [1.54, 1.807) is 30.5 Å². The minimum absolute atomic E-state index is 0.299. The van der Waals surface area contributed by atoms with Crippen LogP contribution in [0, 0.1) is 0 Å². The minimum Gasteiger partial charge on any atom is -0.280 e. The number of halogens is 1. The quantitative estimate of drug-likeness (QED) is 0.729. The van der Waals surface area contributed by atoms with Gasteiger partial charge in [0.1, 0.15) is 0 Å². The van der Waals surface area contributed by atoms with Crippen molar-refractivity contribution >= 4 is 34.1 Å². The summed E-state index contributed by atoms with van der Waals surface area (Å²) >= 11 is 5.86. The molecule has 0 aliphatic heterocycles. The Morgan fingerprint density at radius 3 is 2.81 bits per heavy atom. The van der Waals surface area contributed by atoms with Crippen LogP contribution < -0.4 is 10.9 Å². The number of rotatable bonds is 3. The van der Waals surface area contributed by atoms with Gasteiger partial charge in [-0.25, -0.2) is 0 Å². The van der Waals surface area contributed by atoms with E-state index in [1.165, 1.54) is 0 Å². The van der Waals surface area contributed by atoms with Crippen LogP contribution in [-0.2, 0) is 0 Å². The smallest absolute Gasteiger partial charge is 0.269 e. The molecule has 5 nitrogen and oxygen atoms in total. The summed E-state index contributed by atoms with van der Waals surface area (Å²) in [5.41, 5.74) is 5.83. The first kappa shape index (κ1) is 13.3. The summed E-state index contributed by atoms with van der Waals surface area (Å²) in [6, 6.07) is 14.3. The van der Waals surface area contributed by atoms with Crippen molar-refractivity contribution in [3.8, 4) is 0 Å². The summed E-state index contributed by atoms with van der Waals surface area (Å²) in [7, 11) is 0. The zero-order chi connectivity index (χ0) is 14.7. The van der Waals surface area contributed by atoms with Crippen LogP contribution in [0.25, 0.3) is 10.8 Å². The molecular weight excluding hydrogens is 288 g/mol. The molecule has 0 aliphatic rings. The molecule has 0 saturated heterocycles. The number of nitrogens with one attached hydrogen (secondary N) is 2. The van der Waals surface area contributed by atoms with Gasteiger partial charge >= 0.3 is 0 Å². The van der Waals surface area contributed by atoms with Gasteiger partial charge in [-0.3, -0.25) is 15.6 Å². The van der Waals surface area contributed by atoms with Gasteiger partial charge in [-0.15, -0.1) is 5.10 Å². The first-order valence-corrected chi connectivity index (χ1v) is 6.64. The fraction of sp³-hybridized carbons (Fsp3) is 0. The highest BCUT2D eigenvalue weighted by molar-refractivity contribution is 6.30. The minimum atomic E-state index is -0.299. The van der Waals surface area contributed by atoms with Crippen LogP contribution in [-0.4, -0.2) is 16.1 Å². The summed E-state index contributed by atoms with van der Waals surface area (Å²) in [5, 5.41) is 10.2. The summed E-state index contributed by atoms with van der Waals surface area (Å²) < 4.78 is 0. The number of benzene rings is 2. The Kier molecular flexibility index (Phi) is 3.66. The van der Waals surface area contributed by atoms with Crippen LogP contribution >= 0.6 is 11.6 Å². The van der Waals surface area contributed by atoms with Gasteiger partial charge in [-0.05, 0) is 18.2 Å². The lowest BCUT2D eigenvalue weighted by molar-refractivity contribution is 0.0962. The van der Waals surface area contributed by atoms with Gasteiger partial charge in [0.2, 0.25) is 0 Å². The van der Waals surface area contributed by atoms with Gasteiger partial charge in [-0.1, -0.05) is 41.9 Å². The van der Waals surface area contributed by atoms with Crippen molar-refractivity contribution in [2.24, 2.45) is 0 Å². The molecule has 1 heterocycles. The Labute approximate surface area is 125 Å². The maximum atomic E-state index is 12.0. The maximum absolute atomic E-state index is 12.0. The van der Waals surface area contributed by atoms with Crippen LogP contribution in [0.2, 0.25) is 5.02 Å². The normalized spacial score (nSPS) is 10.3. The Hall–Kier alpha value is -2.66. The van der Waals surface area contributed by atoms with Gasteiger partial charge in [0, 0.05) is 21.4 Å². The third-order valence-electron chi connectivity index (χ3n) is 2.95. The molecule has 0 bridgehead atoms. The molecule has 1 amide bonds. The van der Waals surface area contributed by atoms with E-state index in [9.17, 15) is 4.79 Å². The molecule has 0 fully saturated rings. The van der Waals surface area contributed by atoms with Gasteiger partial charge < -0.3 is 0 Å². The topological polar surface area (TPSA) is 66.9 Å². The molecular formula is C15H11ClN4O. The highest BCUT2D eigenvalue weighted by atomic mass is 35.5. The number of anilines is 1. The van der Waals surface area contributed by atoms with E-state index >= 15 is 0 Å². The average Bonchev–Trinajstić information content (AvgIpc) is 2.52. The Bertz CT molecular complexity index is 801. The highest BCUT2D eigenvalue weighted by Crippen LogP contribution is 2.18. The zero-order valence-electron chi connectivity index (χ0n) is 10.9. The van der Waals surface area contributed by atoms with E-state index in [-0.39, 0.29) is 5.91 Å². The van der Waals surface area contributed by atoms with Crippen LogP contribution in [0.5, 0.6) is 0 Å². The molecule has 21 heavy (non-hydrogen) atoms. The second kappa shape index (κ2) is 5.76. The molecule has 0 spiro atoms. The molecule has 0 saturated carbocycles. The van der Waals surface area contributed by atoms with Crippen LogP contribution in [0.4, 0.5) is 5.82 Å². The Balaban J connectivity index is 1.79. The van der Waals surface area contributed by atoms with Crippen LogP contribution in [0.3, 0.4) is 0 Å².